The number of benzene rings is 1. The lowest BCUT2D eigenvalue weighted by Crippen LogP contribution is -2.23. The summed E-state index contributed by atoms with van der Waals surface area (Å²) in [5.41, 5.74) is 6.51. The number of ether oxygens (including phenoxy) is 1. The van der Waals surface area contributed by atoms with Crippen molar-refractivity contribution >= 4 is 0 Å². The Hall–Kier alpha value is -1.48. The van der Waals surface area contributed by atoms with Crippen molar-refractivity contribution in [2.45, 2.75) is 45.3 Å². The summed E-state index contributed by atoms with van der Waals surface area (Å²) >= 11 is 0. The van der Waals surface area contributed by atoms with Crippen molar-refractivity contribution in [1.29, 1.82) is 0 Å². The molecule has 3 heteroatoms. The summed E-state index contributed by atoms with van der Waals surface area (Å²) in [5, 5.41) is 9.84. The van der Waals surface area contributed by atoms with Crippen molar-refractivity contribution in [2.75, 3.05) is 0 Å². The van der Waals surface area contributed by atoms with Crippen LogP contribution in [0.4, 0.5) is 0 Å². The van der Waals surface area contributed by atoms with E-state index in [1.54, 1.807) is 12.1 Å². The molecule has 0 heterocycles. The van der Waals surface area contributed by atoms with Crippen LogP contribution in [0.25, 0.3) is 0 Å². The SMILES string of the molecule is C=CCC[C@@H](N)c1cc(OC(C)(C)C)ccc1O. The highest BCUT2D eigenvalue weighted by molar-refractivity contribution is 5.41. The molecule has 0 radical (unpaired) electrons. The molecule has 0 saturated heterocycles. The first-order chi connectivity index (χ1) is 8.33. The van der Waals surface area contributed by atoms with Crippen molar-refractivity contribution < 1.29 is 9.84 Å². The third-order valence-corrected chi connectivity index (χ3v) is 2.50. The number of phenols is 1. The maximum Gasteiger partial charge on any atom is 0.120 e. The molecule has 0 unspecified atom stereocenters. The maximum absolute atomic E-state index is 9.84. The molecule has 0 bridgehead atoms. The van der Waals surface area contributed by atoms with Gasteiger partial charge in [-0.25, -0.2) is 0 Å². The van der Waals surface area contributed by atoms with Crippen LogP contribution in [0.5, 0.6) is 11.5 Å². The summed E-state index contributed by atoms with van der Waals surface area (Å²) in [6.45, 7) is 9.62. The lowest BCUT2D eigenvalue weighted by molar-refractivity contribution is 0.130. The Morgan fingerprint density at radius 2 is 2.11 bits per heavy atom. The third-order valence-electron chi connectivity index (χ3n) is 2.50. The standard InChI is InChI=1S/C15H23NO2/c1-5-6-7-13(16)12-10-11(8-9-14(12)17)18-15(2,3)4/h5,8-10,13,17H,1,6-7,16H2,2-4H3/t13-/m1/s1. The van der Waals surface area contributed by atoms with E-state index in [-0.39, 0.29) is 17.4 Å². The molecule has 0 aliphatic heterocycles. The summed E-state index contributed by atoms with van der Waals surface area (Å²) in [6, 6.07) is 4.99. The van der Waals surface area contributed by atoms with Gasteiger partial charge < -0.3 is 15.6 Å². The van der Waals surface area contributed by atoms with Crippen LogP contribution in [0, 0.1) is 0 Å². The van der Waals surface area contributed by atoms with Gasteiger partial charge in [0.15, 0.2) is 0 Å². The van der Waals surface area contributed by atoms with E-state index in [1.165, 1.54) is 0 Å². The summed E-state index contributed by atoms with van der Waals surface area (Å²) in [7, 11) is 0. The molecule has 0 saturated carbocycles. The van der Waals surface area contributed by atoms with Gasteiger partial charge in [0, 0.05) is 11.6 Å². The van der Waals surface area contributed by atoms with Crippen molar-refractivity contribution in [1.82, 2.24) is 0 Å². The molecule has 0 aliphatic carbocycles. The van der Waals surface area contributed by atoms with Crippen molar-refractivity contribution in [3.63, 3.8) is 0 Å². The number of aromatic hydroxyl groups is 1. The van der Waals surface area contributed by atoms with Gasteiger partial charge in [-0.3, -0.25) is 0 Å². The monoisotopic (exact) mass is 249 g/mol. The van der Waals surface area contributed by atoms with Crippen LogP contribution in [0.1, 0.15) is 45.2 Å². The lowest BCUT2D eigenvalue weighted by Gasteiger charge is -2.22. The average molecular weight is 249 g/mol. The fourth-order valence-electron chi connectivity index (χ4n) is 1.70. The predicted octanol–water partition coefficient (Wildman–Crippen LogP) is 3.54. The van der Waals surface area contributed by atoms with E-state index in [1.807, 2.05) is 32.9 Å². The Labute approximate surface area is 109 Å². The molecule has 18 heavy (non-hydrogen) atoms. The topological polar surface area (TPSA) is 55.5 Å². The smallest absolute Gasteiger partial charge is 0.120 e. The Morgan fingerprint density at radius 1 is 1.44 bits per heavy atom. The zero-order valence-corrected chi connectivity index (χ0v) is 11.4. The van der Waals surface area contributed by atoms with E-state index in [9.17, 15) is 5.11 Å². The maximum atomic E-state index is 9.84. The van der Waals surface area contributed by atoms with Gasteiger partial charge in [0.1, 0.15) is 17.1 Å². The second-order valence-corrected chi connectivity index (χ2v) is 5.41. The van der Waals surface area contributed by atoms with Gasteiger partial charge >= 0.3 is 0 Å². The van der Waals surface area contributed by atoms with Crippen LogP contribution in [-0.4, -0.2) is 10.7 Å². The highest BCUT2D eigenvalue weighted by atomic mass is 16.5. The van der Waals surface area contributed by atoms with Gasteiger partial charge in [-0.05, 0) is 51.8 Å². The quantitative estimate of drug-likeness (QED) is 0.785. The summed E-state index contributed by atoms with van der Waals surface area (Å²) in [5.74, 6) is 0.942. The number of rotatable bonds is 5. The fourth-order valence-corrected chi connectivity index (χ4v) is 1.70. The largest absolute Gasteiger partial charge is 0.508 e. The van der Waals surface area contributed by atoms with Crippen LogP contribution in [0.15, 0.2) is 30.9 Å². The van der Waals surface area contributed by atoms with E-state index < -0.39 is 0 Å². The minimum absolute atomic E-state index is 0.202. The second-order valence-electron chi connectivity index (χ2n) is 5.41. The van der Waals surface area contributed by atoms with Gasteiger partial charge in [0.25, 0.3) is 0 Å². The Balaban J connectivity index is 2.90. The van der Waals surface area contributed by atoms with Gasteiger partial charge in [-0.2, -0.15) is 0 Å². The second kappa shape index (κ2) is 5.91. The Bertz CT molecular complexity index is 407. The van der Waals surface area contributed by atoms with Gasteiger partial charge in [0.05, 0.1) is 0 Å². The van der Waals surface area contributed by atoms with Crippen LogP contribution in [-0.2, 0) is 0 Å². The van der Waals surface area contributed by atoms with Crippen LogP contribution in [0.2, 0.25) is 0 Å². The summed E-state index contributed by atoms with van der Waals surface area (Å²) in [4.78, 5) is 0. The van der Waals surface area contributed by atoms with E-state index in [4.69, 9.17) is 10.5 Å². The molecule has 1 aromatic rings. The van der Waals surface area contributed by atoms with E-state index >= 15 is 0 Å². The zero-order valence-electron chi connectivity index (χ0n) is 11.4. The first-order valence-corrected chi connectivity index (χ1v) is 6.22. The molecular formula is C15H23NO2. The molecule has 0 spiro atoms. The van der Waals surface area contributed by atoms with Gasteiger partial charge in [-0.1, -0.05) is 6.08 Å². The number of nitrogens with two attached hydrogens (primary N) is 1. The number of allylic oxidation sites excluding steroid dienone is 1. The summed E-state index contributed by atoms with van der Waals surface area (Å²) in [6.07, 6.45) is 3.41. The van der Waals surface area contributed by atoms with Crippen molar-refractivity contribution in [3.8, 4) is 11.5 Å². The van der Waals surface area contributed by atoms with Crippen molar-refractivity contribution in [2.24, 2.45) is 5.73 Å². The fraction of sp³-hybridized carbons (Fsp3) is 0.467. The minimum Gasteiger partial charge on any atom is -0.508 e. The van der Waals surface area contributed by atoms with E-state index in [0.717, 1.165) is 24.2 Å². The molecule has 3 nitrogen and oxygen atoms in total. The molecule has 0 aromatic heterocycles. The van der Waals surface area contributed by atoms with Crippen LogP contribution in [0.3, 0.4) is 0 Å². The molecule has 1 aromatic carbocycles. The van der Waals surface area contributed by atoms with Crippen LogP contribution < -0.4 is 10.5 Å². The number of hydrogen-bond donors (Lipinski definition) is 2. The summed E-state index contributed by atoms with van der Waals surface area (Å²) < 4.78 is 5.77. The zero-order chi connectivity index (χ0) is 13.8. The number of hydrogen-bond acceptors (Lipinski definition) is 3. The molecule has 1 rings (SSSR count). The molecule has 100 valence electrons. The Kier molecular flexibility index (Phi) is 4.79. The molecule has 0 amide bonds. The predicted molar refractivity (Wildman–Crippen MR) is 74.8 cm³/mol. The highest BCUT2D eigenvalue weighted by Gasteiger charge is 2.15. The van der Waals surface area contributed by atoms with E-state index in [0.29, 0.717) is 0 Å². The highest BCUT2D eigenvalue weighted by Crippen LogP contribution is 2.31. The first kappa shape index (κ1) is 14.6. The lowest BCUT2D eigenvalue weighted by atomic mass is 10.0. The normalized spacial score (nSPS) is 13.1. The minimum atomic E-state index is -0.264. The van der Waals surface area contributed by atoms with Crippen LogP contribution >= 0.6 is 0 Å². The molecular weight excluding hydrogens is 226 g/mol. The van der Waals surface area contributed by atoms with E-state index in [2.05, 4.69) is 6.58 Å². The third kappa shape index (κ3) is 4.41. The number of phenolic OH excluding ortho intramolecular Hbond substituents is 1. The first-order valence-electron chi connectivity index (χ1n) is 6.22. The molecule has 0 fully saturated rings. The molecule has 1 atom stereocenters. The Morgan fingerprint density at radius 3 is 2.67 bits per heavy atom. The molecule has 0 aliphatic rings. The average Bonchev–Trinajstić information content (AvgIpc) is 2.26. The van der Waals surface area contributed by atoms with Gasteiger partial charge in [0.2, 0.25) is 0 Å². The van der Waals surface area contributed by atoms with Crippen molar-refractivity contribution in [3.05, 3.63) is 36.4 Å². The molecule has 3 N–H and O–H groups in total. The van der Waals surface area contributed by atoms with Gasteiger partial charge in [-0.15, -0.1) is 6.58 Å².